The Bertz CT molecular complexity index is 689. The molecule has 0 saturated heterocycles. The van der Waals surface area contributed by atoms with Gasteiger partial charge in [-0.25, -0.2) is 0 Å². The Labute approximate surface area is 157 Å². The second kappa shape index (κ2) is 9.44. The second-order valence-corrected chi connectivity index (χ2v) is 6.87. The van der Waals surface area contributed by atoms with Gasteiger partial charge >= 0.3 is 0 Å². The first-order valence-corrected chi connectivity index (χ1v) is 8.88. The van der Waals surface area contributed by atoms with Crippen LogP contribution in [-0.2, 0) is 4.79 Å². The number of carbonyl (C=O) groups is 1. The average Bonchev–Trinajstić information content (AvgIpc) is 2.61. The van der Waals surface area contributed by atoms with E-state index in [2.05, 4.69) is 35.3 Å². The lowest BCUT2D eigenvalue weighted by Crippen LogP contribution is -3.07. The Kier molecular flexibility index (Phi) is 7.28. The summed E-state index contributed by atoms with van der Waals surface area (Å²) in [6, 6.07) is 15.4. The number of nitrogens with one attached hydrogen (secondary N) is 2. The summed E-state index contributed by atoms with van der Waals surface area (Å²) in [5.74, 6) is 1.34. The van der Waals surface area contributed by atoms with E-state index in [1.54, 1.807) is 7.11 Å². The molecule has 134 valence electrons. The Balaban J connectivity index is 1.89. The Morgan fingerprint density at radius 3 is 2.52 bits per heavy atom. The van der Waals surface area contributed by atoms with E-state index in [0.29, 0.717) is 12.3 Å². The number of hydrogen-bond acceptors (Lipinski definition) is 3. The molecule has 0 aliphatic heterocycles. The van der Waals surface area contributed by atoms with Crippen LogP contribution >= 0.6 is 15.9 Å². The van der Waals surface area contributed by atoms with Gasteiger partial charge in [0, 0.05) is 10.0 Å². The summed E-state index contributed by atoms with van der Waals surface area (Å²) < 4.78 is 11.8. The van der Waals surface area contributed by atoms with Gasteiger partial charge in [0.05, 0.1) is 27.7 Å². The molecule has 2 rings (SSSR count). The number of quaternary nitrogens is 1. The fraction of sp³-hybridized carbons (Fsp3) is 0.316. The number of rotatable bonds is 8. The zero-order chi connectivity index (χ0) is 18.2. The maximum absolute atomic E-state index is 12.1. The molecule has 0 bridgehead atoms. The molecule has 2 aromatic carbocycles. The Morgan fingerprint density at radius 1 is 1.16 bits per heavy atom. The van der Waals surface area contributed by atoms with Crippen LogP contribution in [-0.4, -0.2) is 40.3 Å². The summed E-state index contributed by atoms with van der Waals surface area (Å²) in [5, 5.41) is 2.95. The van der Waals surface area contributed by atoms with Gasteiger partial charge in [0.25, 0.3) is 5.91 Å². The summed E-state index contributed by atoms with van der Waals surface area (Å²) in [4.78, 5) is 13.3. The molecule has 0 fully saturated rings. The standard InChI is InChI=1S/C19H23BrN2O3/c1-22(2)18(14-5-4-6-17(11-14)24-3)12-21-19(23)13-25-16-9-7-15(20)8-10-16/h4-11,18H,12-13H2,1-3H3,(H,21,23)/p+1/t18-/m1/s1. The van der Waals surface area contributed by atoms with Gasteiger partial charge in [0.1, 0.15) is 17.5 Å². The van der Waals surface area contributed by atoms with Gasteiger partial charge in [-0.15, -0.1) is 0 Å². The number of methoxy groups -OCH3 is 1. The van der Waals surface area contributed by atoms with Crippen molar-refractivity contribution in [2.75, 3.05) is 34.4 Å². The molecule has 25 heavy (non-hydrogen) atoms. The molecular formula is C19H24BrN2O3+. The summed E-state index contributed by atoms with van der Waals surface area (Å²) >= 11 is 3.37. The number of amides is 1. The minimum absolute atomic E-state index is 0.00474. The van der Waals surface area contributed by atoms with Crippen molar-refractivity contribution in [1.29, 1.82) is 0 Å². The molecule has 2 N–H and O–H groups in total. The van der Waals surface area contributed by atoms with E-state index in [9.17, 15) is 4.79 Å². The topological polar surface area (TPSA) is 52.0 Å². The molecule has 5 nitrogen and oxygen atoms in total. The predicted molar refractivity (Wildman–Crippen MR) is 101 cm³/mol. The average molecular weight is 408 g/mol. The molecule has 0 heterocycles. The normalized spacial score (nSPS) is 11.9. The molecule has 0 radical (unpaired) electrons. The van der Waals surface area contributed by atoms with Gasteiger partial charge < -0.3 is 19.7 Å². The van der Waals surface area contributed by atoms with E-state index in [-0.39, 0.29) is 18.6 Å². The first kappa shape index (κ1) is 19.3. The Hall–Kier alpha value is -2.05. The first-order chi connectivity index (χ1) is 12.0. The molecule has 1 amide bonds. The minimum Gasteiger partial charge on any atom is -0.497 e. The van der Waals surface area contributed by atoms with Crippen LogP contribution in [0.25, 0.3) is 0 Å². The van der Waals surface area contributed by atoms with Gasteiger partial charge in [-0.1, -0.05) is 28.1 Å². The maximum atomic E-state index is 12.1. The van der Waals surface area contributed by atoms with Crippen molar-refractivity contribution in [3.05, 3.63) is 58.6 Å². The highest BCUT2D eigenvalue weighted by molar-refractivity contribution is 9.10. The minimum atomic E-state index is -0.142. The molecule has 0 aliphatic rings. The second-order valence-electron chi connectivity index (χ2n) is 5.95. The highest BCUT2D eigenvalue weighted by atomic mass is 79.9. The number of carbonyl (C=O) groups excluding carboxylic acids is 1. The van der Waals surface area contributed by atoms with Gasteiger partial charge in [0.2, 0.25) is 0 Å². The van der Waals surface area contributed by atoms with Crippen LogP contribution in [0.4, 0.5) is 0 Å². The summed E-state index contributed by atoms with van der Waals surface area (Å²) in [7, 11) is 5.78. The zero-order valence-electron chi connectivity index (χ0n) is 14.7. The quantitative estimate of drug-likeness (QED) is 0.701. The van der Waals surface area contributed by atoms with Crippen LogP contribution < -0.4 is 19.7 Å². The molecule has 2 aromatic rings. The maximum Gasteiger partial charge on any atom is 0.258 e. The van der Waals surface area contributed by atoms with Crippen molar-refractivity contribution in [3.63, 3.8) is 0 Å². The van der Waals surface area contributed by atoms with Crippen LogP contribution in [0.2, 0.25) is 0 Å². The van der Waals surface area contributed by atoms with Crippen molar-refractivity contribution in [2.24, 2.45) is 0 Å². The van der Waals surface area contributed by atoms with Gasteiger partial charge in [-0.05, 0) is 36.4 Å². The van der Waals surface area contributed by atoms with E-state index < -0.39 is 0 Å². The highest BCUT2D eigenvalue weighted by Gasteiger charge is 2.19. The summed E-state index contributed by atoms with van der Waals surface area (Å²) in [6.45, 7) is 0.521. The summed E-state index contributed by atoms with van der Waals surface area (Å²) in [6.07, 6.45) is 0. The van der Waals surface area contributed by atoms with Crippen molar-refractivity contribution >= 4 is 21.8 Å². The van der Waals surface area contributed by atoms with Crippen molar-refractivity contribution in [2.45, 2.75) is 6.04 Å². The monoisotopic (exact) mass is 407 g/mol. The number of hydrogen-bond donors (Lipinski definition) is 2. The van der Waals surface area contributed by atoms with E-state index in [4.69, 9.17) is 9.47 Å². The van der Waals surface area contributed by atoms with Gasteiger partial charge in [-0.2, -0.15) is 0 Å². The molecule has 0 aromatic heterocycles. The third kappa shape index (κ3) is 6.07. The fourth-order valence-corrected chi connectivity index (χ4v) is 2.72. The zero-order valence-corrected chi connectivity index (χ0v) is 16.3. The van der Waals surface area contributed by atoms with Crippen LogP contribution in [0.5, 0.6) is 11.5 Å². The SMILES string of the molecule is COc1cccc([C@@H](CNC(=O)COc2ccc(Br)cc2)[NH+](C)C)c1. The lowest BCUT2D eigenvalue weighted by molar-refractivity contribution is -0.890. The molecule has 0 spiro atoms. The van der Waals surface area contributed by atoms with E-state index >= 15 is 0 Å². The third-order valence-corrected chi connectivity index (χ3v) is 4.41. The van der Waals surface area contributed by atoms with E-state index in [1.807, 2.05) is 48.5 Å². The fourth-order valence-electron chi connectivity index (χ4n) is 2.46. The molecule has 1 atom stereocenters. The first-order valence-electron chi connectivity index (χ1n) is 8.08. The van der Waals surface area contributed by atoms with Crippen LogP contribution in [0.15, 0.2) is 53.0 Å². The molecule has 0 aliphatic carbocycles. The van der Waals surface area contributed by atoms with Gasteiger partial charge in [-0.3, -0.25) is 4.79 Å². The number of likely N-dealkylation sites (N-methyl/N-ethyl adjacent to an activating group) is 1. The van der Waals surface area contributed by atoms with Crippen LogP contribution in [0.3, 0.4) is 0 Å². The van der Waals surface area contributed by atoms with Crippen LogP contribution in [0.1, 0.15) is 11.6 Å². The van der Waals surface area contributed by atoms with Crippen molar-refractivity contribution in [3.8, 4) is 11.5 Å². The smallest absolute Gasteiger partial charge is 0.258 e. The van der Waals surface area contributed by atoms with E-state index in [1.165, 1.54) is 4.90 Å². The Morgan fingerprint density at radius 2 is 1.88 bits per heavy atom. The van der Waals surface area contributed by atoms with Crippen molar-refractivity contribution in [1.82, 2.24) is 5.32 Å². The summed E-state index contributed by atoms with van der Waals surface area (Å²) in [5.41, 5.74) is 1.12. The van der Waals surface area contributed by atoms with E-state index in [0.717, 1.165) is 15.8 Å². The largest absolute Gasteiger partial charge is 0.497 e. The van der Waals surface area contributed by atoms with Crippen molar-refractivity contribution < 1.29 is 19.2 Å². The lowest BCUT2D eigenvalue weighted by Gasteiger charge is -2.22. The molecule has 0 saturated carbocycles. The number of ether oxygens (including phenoxy) is 2. The number of halogens is 1. The van der Waals surface area contributed by atoms with Gasteiger partial charge in [0.15, 0.2) is 6.61 Å². The predicted octanol–water partition coefficient (Wildman–Crippen LogP) is 1.84. The highest BCUT2D eigenvalue weighted by Crippen LogP contribution is 2.17. The molecule has 6 heteroatoms. The lowest BCUT2D eigenvalue weighted by atomic mass is 10.1. The number of benzene rings is 2. The third-order valence-electron chi connectivity index (χ3n) is 3.88. The van der Waals surface area contributed by atoms with Crippen LogP contribution in [0, 0.1) is 0 Å². The molecule has 0 unspecified atom stereocenters. The molecular weight excluding hydrogens is 384 g/mol.